The summed E-state index contributed by atoms with van der Waals surface area (Å²) in [6.07, 6.45) is 4.06. The number of nitrogens with two attached hydrogens (primary N) is 1. The predicted molar refractivity (Wildman–Crippen MR) is 98.4 cm³/mol. The molecule has 3 heterocycles. The van der Waals surface area contributed by atoms with Crippen LogP contribution in [0, 0.1) is 0 Å². The van der Waals surface area contributed by atoms with Gasteiger partial charge in [0, 0.05) is 47.3 Å². The number of nitrogens with zero attached hydrogens (tertiary/aromatic N) is 3. The molecule has 0 unspecified atom stereocenters. The molecular formula is C18H19ClN4O. The molecule has 0 spiro atoms. The van der Waals surface area contributed by atoms with Crippen LogP contribution in [-0.2, 0) is 11.3 Å². The van der Waals surface area contributed by atoms with E-state index in [1.165, 1.54) is 5.56 Å². The average molecular weight is 343 g/mol. The largest absolute Gasteiger partial charge is 0.384 e. The van der Waals surface area contributed by atoms with Crippen LogP contribution in [0.15, 0.2) is 36.5 Å². The highest BCUT2D eigenvalue weighted by Crippen LogP contribution is 2.33. The Labute approximate surface area is 146 Å². The van der Waals surface area contributed by atoms with Crippen molar-refractivity contribution in [3.8, 4) is 0 Å². The van der Waals surface area contributed by atoms with E-state index in [4.69, 9.17) is 22.1 Å². The van der Waals surface area contributed by atoms with Gasteiger partial charge in [-0.3, -0.25) is 0 Å². The van der Waals surface area contributed by atoms with Gasteiger partial charge in [0.25, 0.3) is 0 Å². The summed E-state index contributed by atoms with van der Waals surface area (Å²) in [5.41, 5.74) is 10.4. The van der Waals surface area contributed by atoms with Crippen molar-refractivity contribution in [2.75, 3.05) is 41.8 Å². The topological polar surface area (TPSA) is 54.6 Å². The fourth-order valence-corrected chi connectivity index (χ4v) is 3.30. The first-order valence-electron chi connectivity index (χ1n) is 8.03. The lowest BCUT2D eigenvalue weighted by molar-refractivity contribution is 0.122. The first-order chi connectivity index (χ1) is 11.7. The van der Waals surface area contributed by atoms with Crippen molar-refractivity contribution in [1.29, 1.82) is 0 Å². The van der Waals surface area contributed by atoms with Crippen LogP contribution in [-0.4, -0.2) is 31.3 Å². The predicted octanol–water partition coefficient (Wildman–Crippen LogP) is 3.14. The third kappa shape index (κ3) is 2.92. The molecule has 2 N–H and O–H groups in total. The van der Waals surface area contributed by atoms with E-state index in [-0.39, 0.29) is 0 Å². The second-order valence-corrected chi connectivity index (χ2v) is 6.39. The number of anilines is 3. The van der Waals surface area contributed by atoms with Gasteiger partial charge in [-0.15, -0.1) is 0 Å². The lowest BCUT2D eigenvalue weighted by atomic mass is 10.1. The lowest BCUT2D eigenvalue weighted by Gasteiger charge is -2.34. The van der Waals surface area contributed by atoms with Crippen LogP contribution in [0.3, 0.4) is 0 Å². The van der Waals surface area contributed by atoms with E-state index < -0.39 is 0 Å². The highest BCUT2D eigenvalue weighted by Gasteiger charge is 2.22. The molecule has 124 valence electrons. The van der Waals surface area contributed by atoms with Crippen LogP contribution in [0.2, 0.25) is 5.02 Å². The lowest BCUT2D eigenvalue weighted by Crippen LogP contribution is -2.37. The minimum Gasteiger partial charge on any atom is -0.384 e. The molecule has 1 aromatic carbocycles. The molecule has 1 aromatic heterocycles. The Kier molecular flexibility index (Phi) is 4.04. The number of morpholine rings is 1. The maximum absolute atomic E-state index is 6.02. The number of pyridine rings is 1. The third-order valence-corrected chi connectivity index (χ3v) is 4.66. The highest BCUT2D eigenvalue weighted by molar-refractivity contribution is 6.30. The summed E-state index contributed by atoms with van der Waals surface area (Å²) >= 11 is 6.00. The number of aromatic nitrogens is 1. The molecule has 0 aliphatic carbocycles. The molecule has 0 amide bonds. The zero-order valence-corrected chi connectivity index (χ0v) is 14.0. The molecule has 24 heavy (non-hydrogen) atoms. The fraction of sp³-hybridized carbons (Fsp3) is 0.278. The van der Waals surface area contributed by atoms with Crippen LogP contribution in [0.5, 0.6) is 0 Å². The van der Waals surface area contributed by atoms with Gasteiger partial charge in [-0.25, -0.2) is 4.98 Å². The van der Waals surface area contributed by atoms with Crippen molar-refractivity contribution in [1.82, 2.24) is 4.98 Å². The van der Waals surface area contributed by atoms with Crippen LogP contribution in [0.4, 0.5) is 17.2 Å². The molecule has 0 bridgehead atoms. The zero-order chi connectivity index (χ0) is 16.5. The Hall–Kier alpha value is -2.24. The molecule has 1 saturated heterocycles. The summed E-state index contributed by atoms with van der Waals surface area (Å²) in [7, 11) is 0. The minimum atomic E-state index is 0.555. The van der Waals surface area contributed by atoms with Gasteiger partial charge in [0.2, 0.25) is 0 Å². The number of ether oxygens (including phenoxy) is 1. The molecule has 2 aliphatic heterocycles. The van der Waals surface area contributed by atoms with Crippen LogP contribution >= 0.6 is 11.6 Å². The van der Waals surface area contributed by atoms with Crippen molar-refractivity contribution in [2.24, 2.45) is 0 Å². The molecule has 0 radical (unpaired) electrons. The number of hydrogen-bond donors (Lipinski definition) is 1. The first kappa shape index (κ1) is 15.3. The van der Waals surface area contributed by atoms with Gasteiger partial charge in [0.05, 0.1) is 25.5 Å². The van der Waals surface area contributed by atoms with E-state index in [2.05, 4.69) is 14.8 Å². The van der Waals surface area contributed by atoms with E-state index in [1.54, 1.807) is 0 Å². The zero-order valence-electron chi connectivity index (χ0n) is 13.3. The second kappa shape index (κ2) is 6.34. The maximum Gasteiger partial charge on any atom is 0.126 e. The number of rotatable bonds is 2. The van der Waals surface area contributed by atoms with Crippen LogP contribution < -0.4 is 15.5 Å². The number of fused-ring (bicyclic) bond motifs is 1. The van der Waals surface area contributed by atoms with Crippen molar-refractivity contribution in [2.45, 2.75) is 6.54 Å². The third-order valence-electron chi connectivity index (χ3n) is 4.40. The maximum atomic E-state index is 6.02. The number of halogens is 1. The molecule has 2 aromatic rings. The molecule has 0 saturated carbocycles. The Morgan fingerprint density at radius 2 is 1.88 bits per heavy atom. The van der Waals surface area contributed by atoms with E-state index >= 15 is 0 Å². The fourth-order valence-electron chi connectivity index (χ4n) is 3.18. The smallest absolute Gasteiger partial charge is 0.126 e. The monoisotopic (exact) mass is 342 g/mol. The van der Waals surface area contributed by atoms with Gasteiger partial charge in [0.15, 0.2) is 0 Å². The molecule has 4 rings (SSSR count). The quantitative estimate of drug-likeness (QED) is 0.908. The number of benzene rings is 1. The summed E-state index contributed by atoms with van der Waals surface area (Å²) in [4.78, 5) is 9.02. The highest BCUT2D eigenvalue weighted by atomic mass is 35.5. The van der Waals surface area contributed by atoms with E-state index in [0.29, 0.717) is 5.82 Å². The summed E-state index contributed by atoms with van der Waals surface area (Å²) in [6, 6.07) is 9.84. The van der Waals surface area contributed by atoms with Crippen LogP contribution in [0.1, 0.15) is 11.3 Å². The molecule has 0 atom stereocenters. The second-order valence-electron chi connectivity index (χ2n) is 5.95. The van der Waals surface area contributed by atoms with Gasteiger partial charge < -0.3 is 20.3 Å². The molecule has 5 nitrogen and oxygen atoms in total. The molecule has 2 aliphatic rings. The normalized spacial score (nSPS) is 17.0. The number of hydrogen-bond acceptors (Lipinski definition) is 5. The molecule has 1 fully saturated rings. The minimum absolute atomic E-state index is 0.555. The van der Waals surface area contributed by atoms with Gasteiger partial charge in [0.1, 0.15) is 5.82 Å². The Morgan fingerprint density at radius 3 is 2.62 bits per heavy atom. The molecular weight excluding hydrogens is 324 g/mol. The van der Waals surface area contributed by atoms with Crippen molar-refractivity contribution in [3.63, 3.8) is 0 Å². The summed E-state index contributed by atoms with van der Waals surface area (Å²) < 4.78 is 5.47. The van der Waals surface area contributed by atoms with Gasteiger partial charge in [-0.05, 0) is 30.3 Å². The molecule has 6 heteroatoms. The van der Waals surface area contributed by atoms with Crippen molar-refractivity contribution >= 4 is 34.9 Å². The van der Waals surface area contributed by atoms with Crippen molar-refractivity contribution < 1.29 is 4.74 Å². The number of nitrogen functional groups attached to an aromatic ring is 1. The first-order valence-corrected chi connectivity index (χ1v) is 8.41. The van der Waals surface area contributed by atoms with Gasteiger partial charge in [-0.2, -0.15) is 0 Å². The Balaban J connectivity index is 1.69. The van der Waals surface area contributed by atoms with E-state index in [9.17, 15) is 0 Å². The van der Waals surface area contributed by atoms with Crippen molar-refractivity contribution in [3.05, 3.63) is 52.8 Å². The van der Waals surface area contributed by atoms with Gasteiger partial charge >= 0.3 is 0 Å². The van der Waals surface area contributed by atoms with Crippen LogP contribution in [0.25, 0.3) is 6.08 Å². The average Bonchev–Trinajstić information content (AvgIpc) is 2.62. The SMILES string of the molecule is Nc1cc(N2CCOCC2)c2c(n1)C=CN(c1ccc(Cl)cc1)C2. The summed E-state index contributed by atoms with van der Waals surface area (Å²) in [6.45, 7) is 4.00. The Morgan fingerprint density at radius 1 is 1.12 bits per heavy atom. The van der Waals surface area contributed by atoms with Gasteiger partial charge in [-0.1, -0.05) is 11.6 Å². The van der Waals surface area contributed by atoms with E-state index in [1.807, 2.05) is 42.6 Å². The standard InChI is InChI=1S/C18H19ClN4O/c19-13-1-3-14(4-2-13)23-6-5-16-15(12-23)17(11-18(20)21-16)22-7-9-24-10-8-22/h1-6,11H,7-10,12H2,(H2,20,21). The Bertz CT molecular complexity index is 769. The van der Waals surface area contributed by atoms with E-state index in [0.717, 1.165) is 54.9 Å². The summed E-state index contributed by atoms with van der Waals surface area (Å²) in [5.74, 6) is 0.555. The summed E-state index contributed by atoms with van der Waals surface area (Å²) in [5, 5.41) is 0.739.